The molecule has 0 aliphatic heterocycles. The van der Waals surface area contributed by atoms with Crippen LogP contribution in [0.5, 0.6) is 5.75 Å². The molecule has 1 N–H and O–H groups in total. The molecule has 0 saturated carbocycles. The van der Waals surface area contributed by atoms with Gasteiger partial charge >= 0.3 is 0 Å². The Kier molecular flexibility index (Phi) is 5.90. The Labute approximate surface area is 173 Å². The molecule has 0 aliphatic rings. The molecule has 0 spiro atoms. The van der Waals surface area contributed by atoms with Crippen LogP contribution in [0.1, 0.15) is 17.4 Å². The average molecular weight is 430 g/mol. The Morgan fingerprint density at radius 1 is 1.17 bits per heavy atom. The molecule has 0 atom stereocenters. The van der Waals surface area contributed by atoms with E-state index in [2.05, 4.69) is 10.4 Å². The zero-order valence-corrected chi connectivity index (χ0v) is 17.9. The molecule has 3 aromatic rings. The second kappa shape index (κ2) is 8.25. The van der Waals surface area contributed by atoms with E-state index >= 15 is 0 Å². The van der Waals surface area contributed by atoms with Crippen molar-refractivity contribution in [3.63, 3.8) is 0 Å². The van der Waals surface area contributed by atoms with Crippen LogP contribution in [-0.4, -0.2) is 49.1 Å². The Morgan fingerprint density at radius 2 is 1.83 bits per heavy atom. The fraction of sp³-hybridized carbons (Fsp3) is 0.250. The number of ether oxygens (including phenoxy) is 1. The van der Waals surface area contributed by atoms with Crippen molar-refractivity contribution >= 4 is 32.4 Å². The van der Waals surface area contributed by atoms with Gasteiger partial charge in [-0.05, 0) is 31.2 Å². The van der Waals surface area contributed by atoms with Gasteiger partial charge in [0.15, 0.2) is 5.69 Å². The number of aryl methyl sites for hydroxylation is 1. The van der Waals surface area contributed by atoms with E-state index in [1.54, 1.807) is 37.3 Å². The van der Waals surface area contributed by atoms with Gasteiger partial charge in [-0.15, -0.1) is 0 Å². The molecule has 158 valence electrons. The molecule has 30 heavy (non-hydrogen) atoms. The predicted molar refractivity (Wildman–Crippen MR) is 113 cm³/mol. The quantitative estimate of drug-likeness (QED) is 0.639. The van der Waals surface area contributed by atoms with Gasteiger partial charge in [0.05, 0.1) is 12.0 Å². The van der Waals surface area contributed by atoms with E-state index in [-0.39, 0.29) is 34.2 Å². The first-order chi connectivity index (χ1) is 14.2. The maximum absolute atomic E-state index is 12.9. The molecule has 1 amide bonds. The first kappa shape index (κ1) is 21.5. The fourth-order valence-electron chi connectivity index (χ4n) is 2.92. The average Bonchev–Trinajstić information content (AvgIpc) is 2.71. The number of nitrogens with zero attached hydrogens (tertiary/aromatic N) is 3. The molecular weight excluding hydrogens is 408 g/mol. The Morgan fingerprint density at radius 3 is 2.47 bits per heavy atom. The minimum Gasteiger partial charge on any atom is -0.492 e. The van der Waals surface area contributed by atoms with Crippen molar-refractivity contribution in [2.45, 2.75) is 11.8 Å². The second-order valence-electron chi connectivity index (χ2n) is 6.66. The molecule has 10 heteroatoms. The molecule has 0 unspecified atom stereocenters. The molecule has 3 rings (SSSR count). The molecule has 1 heterocycles. The molecule has 0 aliphatic carbocycles. The topological polar surface area (TPSA) is 111 Å². The number of carbonyl (C=O) groups is 1. The van der Waals surface area contributed by atoms with Gasteiger partial charge in [-0.2, -0.15) is 5.10 Å². The number of hydrogen-bond donors (Lipinski definition) is 1. The Balaban J connectivity index is 2.06. The van der Waals surface area contributed by atoms with Gasteiger partial charge in [0.25, 0.3) is 11.5 Å². The SMILES string of the molecule is CCOc1ccc(NC(=O)c2nn(C)c(=O)c3ccccc23)cc1S(=O)(=O)N(C)C. The number of nitrogens with one attached hydrogen (secondary N) is 1. The van der Waals surface area contributed by atoms with Gasteiger partial charge < -0.3 is 10.1 Å². The number of amides is 1. The fourth-order valence-corrected chi connectivity index (χ4v) is 3.97. The number of aromatic nitrogens is 2. The van der Waals surface area contributed by atoms with Crippen LogP contribution in [0.2, 0.25) is 0 Å². The summed E-state index contributed by atoms with van der Waals surface area (Å²) in [7, 11) is 0.486. The maximum atomic E-state index is 12.9. The van der Waals surface area contributed by atoms with E-state index in [1.165, 1.54) is 33.3 Å². The number of carbonyl (C=O) groups excluding carboxylic acids is 1. The summed E-state index contributed by atoms with van der Waals surface area (Å²) in [5.74, 6) is -0.381. The van der Waals surface area contributed by atoms with E-state index in [4.69, 9.17) is 4.74 Å². The molecule has 0 fully saturated rings. The van der Waals surface area contributed by atoms with Crippen LogP contribution < -0.4 is 15.6 Å². The summed E-state index contributed by atoms with van der Waals surface area (Å²) in [4.78, 5) is 25.1. The molecule has 0 saturated heterocycles. The highest BCUT2D eigenvalue weighted by Gasteiger charge is 2.24. The van der Waals surface area contributed by atoms with Crippen LogP contribution in [0.3, 0.4) is 0 Å². The number of hydrogen-bond acceptors (Lipinski definition) is 6. The number of sulfonamides is 1. The van der Waals surface area contributed by atoms with E-state index in [0.29, 0.717) is 10.8 Å². The summed E-state index contributed by atoms with van der Waals surface area (Å²) < 4.78 is 32.9. The van der Waals surface area contributed by atoms with Crippen LogP contribution >= 0.6 is 0 Å². The lowest BCUT2D eigenvalue weighted by atomic mass is 10.1. The zero-order valence-electron chi connectivity index (χ0n) is 17.0. The number of rotatable bonds is 6. The zero-order chi connectivity index (χ0) is 22.1. The second-order valence-corrected chi connectivity index (χ2v) is 8.78. The van der Waals surface area contributed by atoms with Crippen molar-refractivity contribution in [1.82, 2.24) is 14.1 Å². The number of fused-ring (bicyclic) bond motifs is 1. The van der Waals surface area contributed by atoms with Crippen LogP contribution in [0.4, 0.5) is 5.69 Å². The van der Waals surface area contributed by atoms with Gasteiger partial charge in [0, 0.05) is 32.2 Å². The normalized spacial score (nSPS) is 11.6. The summed E-state index contributed by atoms with van der Waals surface area (Å²) in [6.07, 6.45) is 0. The summed E-state index contributed by atoms with van der Waals surface area (Å²) in [5.41, 5.74) is -0.00945. The van der Waals surface area contributed by atoms with Crippen molar-refractivity contribution in [1.29, 1.82) is 0 Å². The predicted octanol–water partition coefficient (Wildman–Crippen LogP) is 1.83. The molecular formula is C20H22N4O5S. The minimum absolute atomic E-state index is 0.0543. The van der Waals surface area contributed by atoms with E-state index < -0.39 is 15.9 Å². The van der Waals surface area contributed by atoms with Crippen molar-refractivity contribution in [2.24, 2.45) is 7.05 Å². The van der Waals surface area contributed by atoms with Gasteiger partial charge in [-0.3, -0.25) is 9.59 Å². The summed E-state index contributed by atoms with van der Waals surface area (Å²) in [6.45, 7) is 2.04. The summed E-state index contributed by atoms with van der Waals surface area (Å²) >= 11 is 0. The Hall–Kier alpha value is -3.24. The van der Waals surface area contributed by atoms with Crippen LogP contribution in [-0.2, 0) is 17.1 Å². The highest BCUT2D eigenvalue weighted by atomic mass is 32.2. The molecule has 1 aromatic heterocycles. The first-order valence-corrected chi connectivity index (χ1v) is 10.6. The third kappa shape index (κ3) is 3.91. The lowest BCUT2D eigenvalue weighted by Crippen LogP contribution is -2.25. The number of benzene rings is 2. The van der Waals surface area contributed by atoms with Crippen LogP contribution in [0.15, 0.2) is 52.2 Å². The molecule has 9 nitrogen and oxygen atoms in total. The lowest BCUT2D eigenvalue weighted by Gasteiger charge is -2.17. The van der Waals surface area contributed by atoms with Crippen LogP contribution in [0.25, 0.3) is 10.8 Å². The lowest BCUT2D eigenvalue weighted by molar-refractivity contribution is 0.102. The third-order valence-corrected chi connectivity index (χ3v) is 6.27. The van der Waals surface area contributed by atoms with Crippen LogP contribution in [0, 0.1) is 0 Å². The molecule has 0 bridgehead atoms. The monoisotopic (exact) mass is 430 g/mol. The van der Waals surface area contributed by atoms with E-state index in [1.807, 2.05) is 0 Å². The highest BCUT2D eigenvalue weighted by molar-refractivity contribution is 7.89. The van der Waals surface area contributed by atoms with Crippen molar-refractivity contribution in [3.8, 4) is 5.75 Å². The third-order valence-electron chi connectivity index (χ3n) is 4.43. The summed E-state index contributed by atoms with van der Waals surface area (Å²) in [6, 6.07) is 11.0. The summed E-state index contributed by atoms with van der Waals surface area (Å²) in [5, 5.41) is 7.52. The van der Waals surface area contributed by atoms with Gasteiger partial charge in [-0.1, -0.05) is 18.2 Å². The standard InChI is InChI=1S/C20H22N4O5S/c1-5-29-16-11-10-13(12-17(16)30(27,28)23(2)3)21-19(25)18-14-8-6-7-9-15(14)20(26)24(4)22-18/h6-12H,5H2,1-4H3,(H,21,25). The van der Waals surface area contributed by atoms with Crippen molar-refractivity contribution in [2.75, 3.05) is 26.0 Å². The molecule has 2 aromatic carbocycles. The first-order valence-electron chi connectivity index (χ1n) is 9.13. The van der Waals surface area contributed by atoms with Crippen molar-refractivity contribution < 1.29 is 17.9 Å². The molecule has 0 radical (unpaired) electrons. The van der Waals surface area contributed by atoms with Gasteiger partial charge in [0.2, 0.25) is 10.0 Å². The smallest absolute Gasteiger partial charge is 0.276 e. The minimum atomic E-state index is -3.80. The number of anilines is 1. The van der Waals surface area contributed by atoms with Gasteiger partial charge in [0.1, 0.15) is 10.6 Å². The van der Waals surface area contributed by atoms with Crippen molar-refractivity contribution in [3.05, 3.63) is 58.5 Å². The maximum Gasteiger partial charge on any atom is 0.276 e. The van der Waals surface area contributed by atoms with E-state index in [0.717, 1.165) is 8.99 Å². The largest absolute Gasteiger partial charge is 0.492 e. The van der Waals surface area contributed by atoms with Gasteiger partial charge in [-0.25, -0.2) is 17.4 Å². The van der Waals surface area contributed by atoms with E-state index in [9.17, 15) is 18.0 Å². The Bertz CT molecular complexity index is 1280. The highest BCUT2D eigenvalue weighted by Crippen LogP contribution is 2.29.